The number of hydrogen-bond donors (Lipinski definition) is 0. The average molecular weight is 335 g/mol. The summed E-state index contributed by atoms with van der Waals surface area (Å²) in [5.74, 6) is -1.82. The minimum atomic E-state index is -1.36. The molecule has 1 atom stereocenters. The number of amides is 2. The molecule has 2 aliphatic rings. The van der Waals surface area contributed by atoms with Gasteiger partial charge in [0, 0.05) is 32.4 Å². The Morgan fingerprint density at radius 3 is 2.58 bits per heavy atom. The summed E-state index contributed by atoms with van der Waals surface area (Å²) in [7, 11) is 0. The van der Waals surface area contributed by atoms with Gasteiger partial charge in [-0.1, -0.05) is 6.92 Å². The molecule has 2 aliphatic heterocycles. The molecule has 0 saturated carbocycles. The van der Waals surface area contributed by atoms with E-state index in [0.29, 0.717) is 32.4 Å². The predicted octanol–water partition coefficient (Wildman–Crippen LogP) is -0.401. The van der Waals surface area contributed by atoms with Crippen LogP contribution in [0.1, 0.15) is 36.7 Å². The number of furan rings is 1. The van der Waals surface area contributed by atoms with Crippen LogP contribution in [0.15, 0.2) is 22.8 Å². The third kappa shape index (κ3) is 2.66. The highest BCUT2D eigenvalue weighted by atomic mass is 16.5. The quantitative estimate of drug-likeness (QED) is 0.744. The van der Waals surface area contributed by atoms with Crippen LogP contribution in [0, 0.1) is 0 Å². The summed E-state index contributed by atoms with van der Waals surface area (Å²) in [5, 5.41) is 11.5. The van der Waals surface area contributed by atoms with Gasteiger partial charge in [0.05, 0.1) is 24.9 Å². The van der Waals surface area contributed by atoms with Crippen molar-refractivity contribution in [3.05, 3.63) is 24.2 Å². The van der Waals surface area contributed by atoms with E-state index in [1.165, 1.54) is 17.2 Å². The van der Waals surface area contributed by atoms with Crippen molar-refractivity contribution in [3.8, 4) is 0 Å². The van der Waals surface area contributed by atoms with Crippen LogP contribution in [0.3, 0.4) is 0 Å². The van der Waals surface area contributed by atoms with Crippen molar-refractivity contribution >= 4 is 17.8 Å². The van der Waals surface area contributed by atoms with E-state index in [0.717, 1.165) is 0 Å². The summed E-state index contributed by atoms with van der Waals surface area (Å²) in [6.45, 7) is 2.48. The Morgan fingerprint density at radius 2 is 2.04 bits per heavy atom. The lowest BCUT2D eigenvalue weighted by molar-refractivity contribution is -0.310. The van der Waals surface area contributed by atoms with Crippen molar-refractivity contribution in [2.24, 2.45) is 0 Å². The van der Waals surface area contributed by atoms with Crippen LogP contribution in [0.5, 0.6) is 0 Å². The number of carbonyl (C=O) groups excluding carboxylic acids is 3. The molecule has 0 N–H and O–H groups in total. The number of nitrogens with zero attached hydrogens (tertiary/aromatic N) is 2. The third-order valence-corrected chi connectivity index (χ3v) is 4.68. The van der Waals surface area contributed by atoms with Gasteiger partial charge < -0.3 is 24.0 Å². The molecule has 2 fully saturated rings. The maximum Gasteiger partial charge on any atom is 0.292 e. The van der Waals surface area contributed by atoms with Gasteiger partial charge in [0.2, 0.25) is 5.91 Å². The SMILES string of the molecule is CCC(=O)N1CCC2(CC1)OC[C@H](C(=O)[O-])N2C(=O)c1ccco1. The lowest BCUT2D eigenvalue weighted by atomic mass is 9.97. The summed E-state index contributed by atoms with van der Waals surface area (Å²) >= 11 is 0. The van der Waals surface area contributed by atoms with Gasteiger partial charge >= 0.3 is 0 Å². The first-order valence-corrected chi connectivity index (χ1v) is 7.98. The summed E-state index contributed by atoms with van der Waals surface area (Å²) < 4.78 is 10.9. The molecule has 0 unspecified atom stereocenters. The molecule has 2 amide bonds. The second-order valence-electron chi connectivity index (χ2n) is 5.98. The van der Waals surface area contributed by atoms with Gasteiger partial charge in [-0.2, -0.15) is 0 Å². The maximum absolute atomic E-state index is 12.7. The zero-order chi connectivity index (χ0) is 17.3. The van der Waals surface area contributed by atoms with E-state index < -0.39 is 23.6 Å². The minimum Gasteiger partial charge on any atom is -0.548 e. The van der Waals surface area contributed by atoms with Crippen molar-refractivity contribution in [2.45, 2.75) is 38.0 Å². The standard InChI is InChI=1S/C16H20N2O6/c1-2-13(19)17-7-5-16(6-8-17)18(11(10-24-16)15(21)22)14(20)12-4-3-9-23-12/h3-4,9,11H,2,5-8,10H2,1H3,(H,21,22)/p-1/t11-/m1/s1. The van der Waals surface area contributed by atoms with Gasteiger partial charge in [-0.25, -0.2) is 0 Å². The van der Waals surface area contributed by atoms with Crippen molar-refractivity contribution in [1.82, 2.24) is 9.80 Å². The van der Waals surface area contributed by atoms with Gasteiger partial charge in [0.25, 0.3) is 5.91 Å². The van der Waals surface area contributed by atoms with Gasteiger partial charge in [0.15, 0.2) is 5.76 Å². The number of rotatable bonds is 3. The number of carboxylic acid groups (broad SMARTS) is 1. The first-order valence-electron chi connectivity index (χ1n) is 7.98. The van der Waals surface area contributed by atoms with E-state index in [1.807, 2.05) is 0 Å². The Hall–Kier alpha value is -2.35. The molecule has 1 aromatic heterocycles. The van der Waals surface area contributed by atoms with Crippen LogP contribution in [-0.2, 0) is 14.3 Å². The lowest BCUT2D eigenvalue weighted by Gasteiger charge is -2.44. The smallest absolute Gasteiger partial charge is 0.292 e. The van der Waals surface area contributed by atoms with Crippen LogP contribution >= 0.6 is 0 Å². The molecular weight excluding hydrogens is 316 g/mol. The highest BCUT2D eigenvalue weighted by molar-refractivity contribution is 5.95. The minimum absolute atomic E-state index is 0.0307. The number of hydrogen-bond acceptors (Lipinski definition) is 6. The number of ether oxygens (including phenoxy) is 1. The second-order valence-corrected chi connectivity index (χ2v) is 5.98. The summed E-state index contributed by atoms with van der Waals surface area (Å²) in [6, 6.07) is 1.88. The Balaban J connectivity index is 1.85. The lowest BCUT2D eigenvalue weighted by Crippen LogP contribution is -2.60. The van der Waals surface area contributed by atoms with Crippen molar-refractivity contribution in [2.75, 3.05) is 19.7 Å². The molecule has 24 heavy (non-hydrogen) atoms. The zero-order valence-electron chi connectivity index (χ0n) is 13.4. The molecule has 0 bridgehead atoms. The molecule has 1 spiro atoms. The van der Waals surface area contributed by atoms with Crippen LogP contribution in [-0.4, -0.2) is 59.0 Å². The zero-order valence-corrected chi connectivity index (χ0v) is 13.4. The van der Waals surface area contributed by atoms with Crippen molar-refractivity contribution in [1.29, 1.82) is 0 Å². The largest absolute Gasteiger partial charge is 0.548 e. The third-order valence-electron chi connectivity index (χ3n) is 4.68. The van der Waals surface area contributed by atoms with Gasteiger partial charge in [0.1, 0.15) is 5.72 Å². The van der Waals surface area contributed by atoms with Gasteiger partial charge in [-0.3, -0.25) is 14.5 Å². The Labute approximate surface area is 139 Å². The van der Waals surface area contributed by atoms with Crippen molar-refractivity contribution < 1.29 is 28.6 Å². The topological polar surface area (TPSA) is 103 Å². The number of piperidine rings is 1. The monoisotopic (exact) mass is 335 g/mol. The highest BCUT2D eigenvalue weighted by Gasteiger charge is 2.52. The molecule has 3 rings (SSSR count). The molecule has 8 heteroatoms. The Bertz CT molecular complexity index is 633. The highest BCUT2D eigenvalue weighted by Crippen LogP contribution is 2.38. The Kier molecular flexibility index (Phi) is 4.31. The molecule has 130 valence electrons. The summed E-state index contributed by atoms with van der Waals surface area (Å²) in [5.41, 5.74) is -1.04. The normalized spacial score (nSPS) is 22.8. The van der Waals surface area contributed by atoms with E-state index in [-0.39, 0.29) is 18.3 Å². The molecule has 1 aromatic rings. The number of carboxylic acids is 1. The van der Waals surface area contributed by atoms with Crippen molar-refractivity contribution in [3.63, 3.8) is 0 Å². The summed E-state index contributed by atoms with van der Waals surface area (Å²) in [6.07, 6.45) is 2.47. The molecular formula is C16H19N2O6-. The van der Waals surface area contributed by atoms with Crippen LogP contribution in [0.2, 0.25) is 0 Å². The molecule has 0 aromatic carbocycles. The maximum atomic E-state index is 12.7. The second kappa shape index (κ2) is 6.27. The summed E-state index contributed by atoms with van der Waals surface area (Å²) in [4.78, 5) is 39.0. The Morgan fingerprint density at radius 1 is 1.33 bits per heavy atom. The number of aliphatic carboxylic acids is 1. The van der Waals surface area contributed by atoms with Crippen LogP contribution in [0.4, 0.5) is 0 Å². The molecule has 3 heterocycles. The average Bonchev–Trinajstić information content (AvgIpc) is 3.23. The van der Waals surface area contributed by atoms with E-state index in [4.69, 9.17) is 9.15 Å². The van der Waals surface area contributed by atoms with Gasteiger partial charge in [-0.15, -0.1) is 0 Å². The number of likely N-dealkylation sites (tertiary alicyclic amines) is 1. The first-order chi connectivity index (χ1) is 11.5. The molecule has 8 nitrogen and oxygen atoms in total. The van der Waals surface area contributed by atoms with Crippen LogP contribution < -0.4 is 5.11 Å². The number of carbonyl (C=O) groups is 3. The fourth-order valence-electron chi connectivity index (χ4n) is 3.40. The van der Waals surface area contributed by atoms with E-state index in [9.17, 15) is 19.5 Å². The fraction of sp³-hybridized carbons (Fsp3) is 0.562. The first kappa shape index (κ1) is 16.5. The van der Waals surface area contributed by atoms with Crippen LogP contribution in [0.25, 0.3) is 0 Å². The molecule has 0 radical (unpaired) electrons. The molecule has 2 saturated heterocycles. The van der Waals surface area contributed by atoms with E-state index in [2.05, 4.69) is 0 Å². The predicted molar refractivity (Wildman–Crippen MR) is 78.5 cm³/mol. The van der Waals surface area contributed by atoms with Gasteiger partial charge in [-0.05, 0) is 12.1 Å². The fourth-order valence-corrected chi connectivity index (χ4v) is 3.40. The van der Waals surface area contributed by atoms with E-state index >= 15 is 0 Å². The molecule has 0 aliphatic carbocycles. The van der Waals surface area contributed by atoms with E-state index in [1.54, 1.807) is 17.9 Å².